The van der Waals surface area contributed by atoms with Crippen molar-refractivity contribution in [2.45, 2.75) is 6.42 Å². The van der Waals surface area contributed by atoms with Crippen LogP contribution in [0.1, 0.15) is 6.42 Å². The van der Waals surface area contributed by atoms with E-state index in [1.165, 1.54) is 0 Å². The quantitative estimate of drug-likeness (QED) is 0.313. The molecule has 1 radical (unpaired) electrons. The Balaban J connectivity index is 0. The van der Waals surface area contributed by atoms with Gasteiger partial charge in [-0.25, -0.2) is 0 Å². The zero-order chi connectivity index (χ0) is 5.86. The van der Waals surface area contributed by atoms with Gasteiger partial charge in [-0.05, 0) is 0 Å². The summed E-state index contributed by atoms with van der Waals surface area (Å²) in [5.41, 5.74) is 0. The van der Waals surface area contributed by atoms with E-state index in [9.17, 15) is 19.8 Å². The van der Waals surface area contributed by atoms with Gasteiger partial charge in [0.2, 0.25) is 0 Å². The van der Waals surface area contributed by atoms with E-state index >= 15 is 0 Å². The normalized spacial score (nSPS) is 7.00. The first-order chi connectivity index (χ1) is 3.13. The molecule has 0 aromatic heterocycles. The Bertz CT molecular complexity index is 87.5. The summed E-state index contributed by atoms with van der Waals surface area (Å²) in [5, 5.41) is 18.6. The number of hydrogen-bond acceptors (Lipinski definition) is 4. The first-order valence-corrected chi connectivity index (χ1v) is 1.52. The van der Waals surface area contributed by atoms with Crippen LogP contribution in [0, 0.1) is 0 Å². The van der Waals surface area contributed by atoms with E-state index in [-0.39, 0.29) is 17.1 Å². The minimum atomic E-state index is -1.63. The van der Waals surface area contributed by atoms with Gasteiger partial charge in [0.1, 0.15) is 0 Å². The van der Waals surface area contributed by atoms with E-state index in [0.29, 0.717) is 0 Å². The van der Waals surface area contributed by atoms with E-state index in [1.54, 1.807) is 0 Å². The van der Waals surface area contributed by atoms with Gasteiger partial charge >= 0.3 is 17.1 Å². The summed E-state index contributed by atoms with van der Waals surface area (Å²) in [5.74, 6) is -3.25. The van der Waals surface area contributed by atoms with Gasteiger partial charge in [-0.15, -0.1) is 0 Å². The van der Waals surface area contributed by atoms with Gasteiger partial charge in [-0.2, -0.15) is 0 Å². The van der Waals surface area contributed by atoms with E-state index in [2.05, 4.69) is 0 Å². The fourth-order valence-electron chi connectivity index (χ4n) is 0.118. The summed E-state index contributed by atoms with van der Waals surface area (Å²) in [6.45, 7) is 0. The number of carboxylic acids is 2. The van der Waals surface area contributed by atoms with Crippen molar-refractivity contribution in [3.63, 3.8) is 0 Å². The first kappa shape index (κ1) is 10.4. The number of hydrogen-bond donors (Lipinski definition) is 0. The molecule has 0 heterocycles. The molecule has 0 spiro atoms. The van der Waals surface area contributed by atoms with E-state index < -0.39 is 18.4 Å². The third-order valence-corrected chi connectivity index (χ3v) is 0.289. The molecule has 0 fully saturated rings. The third-order valence-electron chi connectivity index (χ3n) is 0.289. The molecule has 0 unspecified atom stereocenters. The minimum Gasteiger partial charge on any atom is -0.550 e. The number of carbonyl (C=O) groups excluding carboxylic acids is 2. The molecule has 0 amide bonds. The van der Waals surface area contributed by atoms with Crippen molar-refractivity contribution in [2.24, 2.45) is 0 Å². The van der Waals surface area contributed by atoms with Crippen LogP contribution in [0.25, 0.3) is 0 Å². The second-order valence-corrected chi connectivity index (χ2v) is 0.921. The van der Waals surface area contributed by atoms with Crippen LogP contribution in [-0.4, -0.2) is 11.9 Å². The molecule has 0 atom stereocenters. The van der Waals surface area contributed by atoms with Crippen molar-refractivity contribution >= 4 is 11.9 Å². The van der Waals surface area contributed by atoms with Crippen LogP contribution in [0.2, 0.25) is 0 Å². The molecule has 0 saturated heterocycles. The van der Waals surface area contributed by atoms with Crippen LogP contribution < -0.4 is 10.2 Å². The van der Waals surface area contributed by atoms with Crippen LogP contribution in [0.3, 0.4) is 0 Å². The Morgan fingerprint density at radius 3 is 1.38 bits per heavy atom. The Hall–Kier alpha value is -0.541. The Morgan fingerprint density at radius 2 is 1.38 bits per heavy atom. The fraction of sp³-hybridized carbons (Fsp3) is 0.333. The van der Waals surface area contributed by atoms with Crippen molar-refractivity contribution in [2.75, 3.05) is 0 Å². The number of rotatable bonds is 2. The van der Waals surface area contributed by atoms with Crippen molar-refractivity contribution in [3.8, 4) is 0 Å². The monoisotopic (exact) mass is 157 g/mol. The Labute approximate surface area is 56.0 Å². The van der Waals surface area contributed by atoms with Crippen LogP contribution >= 0.6 is 0 Å². The molecule has 0 aliphatic heterocycles. The van der Waals surface area contributed by atoms with E-state index in [0.717, 1.165) is 0 Å². The Kier molecular flexibility index (Phi) is 6.02. The number of aliphatic carboxylic acids is 2. The maximum atomic E-state index is 9.28. The second-order valence-electron chi connectivity index (χ2n) is 0.921. The summed E-state index contributed by atoms with van der Waals surface area (Å²) < 4.78 is 0. The first-order valence-electron chi connectivity index (χ1n) is 1.52. The molecular formula is C3H2MnO4. The van der Waals surface area contributed by atoms with Gasteiger partial charge in [-0.3, -0.25) is 0 Å². The molecule has 5 heteroatoms. The van der Waals surface area contributed by atoms with Crippen molar-refractivity contribution < 1.29 is 36.9 Å². The molecule has 0 rings (SSSR count). The molecular weight excluding hydrogens is 155 g/mol. The van der Waals surface area contributed by atoms with Crippen molar-refractivity contribution in [1.82, 2.24) is 0 Å². The van der Waals surface area contributed by atoms with Gasteiger partial charge in [-0.1, -0.05) is 0 Å². The minimum absolute atomic E-state index is 0. The fourth-order valence-corrected chi connectivity index (χ4v) is 0.118. The zero-order valence-electron chi connectivity index (χ0n) is 3.72. The van der Waals surface area contributed by atoms with Crippen LogP contribution in [-0.2, 0) is 26.7 Å². The van der Waals surface area contributed by atoms with Crippen molar-refractivity contribution in [3.05, 3.63) is 0 Å². The van der Waals surface area contributed by atoms with Crippen LogP contribution in [0.5, 0.6) is 0 Å². The Morgan fingerprint density at radius 1 is 1.12 bits per heavy atom. The standard InChI is InChI=1S/C3H4O4.Mn/c4-2(5)1-3(6)7;/h1H2,(H,4,5)(H,6,7);/q;+2/p-2. The number of carboxylic acid groups (broad SMARTS) is 2. The van der Waals surface area contributed by atoms with Gasteiger partial charge in [0.25, 0.3) is 0 Å². The molecule has 0 aliphatic rings. The average Bonchev–Trinajstić information content (AvgIpc) is 1.27. The summed E-state index contributed by atoms with van der Waals surface area (Å²) in [4.78, 5) is 18.6. The van der Waals surface area contributed by atoms with Crippen LogP contribution in [0.15, 0.2) is 0 Å². The SMILES string of the molecule is O=C([O-])CC(=O)[O-].[Mn+2]. The maximum Gasteiger partial charge on any atom is 2.00 e. The van der Waals surface area contributed by atoms with Gasteiger partial charge < -0.3 is 19.8 Å². The van der Waals surface area contributed by atoms with Gasteiger partial charge in [0.15, 0.2) is 0 Å². The third kappa shape index (κ3) is 9.07. The predicted molar refractivity (Wildman–Crippen MR) is 14.6 cm³/mol. The zero-order valence-corrected chi connectivity index (χ0v) is 4.90. The predicted octanol–water partition coefficient (Wildman–Crippen LogP) is -3.13. The molecule has 8 heavy (non-hydrogen) atoms. The topological polar surface area (TPSA) is 80.3 Å². The molecule has 45 valence electrons. The molecule has 0 aliphatic carbocycles. The molecule has 0 aromatic rings. The van der Waals surface area contributed by atoms with Gasteiger partial charge in [0.05, 0.1) is 0 Å². The molecule has 4 nitrogen and oxygen atoms in total. The molecule has 0 saturated carbocycles. The summed E-state index contributed by atoms with van der Waals surface area (Å²) in [6, 6.07) is 0. The summed E-state index contributed by atoms with van der Waals surface area (Å²) in [6.07, 6.45) is -1.03. The summed E-state index contributed by atoms with van der Waals surface area (Å²) in [7, 11) is 0. The number of carbonyl (C=O) groups is 2. The molecule has 0 aromatic carbocycles. The summed E-state index contributed by atoms with van der Waals surface area (Å²) >= 11 is 0. The molecule has 0 N–H and O–H groups in total. The molecule has 0 bridgehead atoms. The van der Waals surface area contributed by atoms with E-state index in [4.69, 9.17) is 0 Å². The largest absolute Gasteiger partial charge is 2.00 e. The average molecular weight is 157 g/mol. The van der Waals surface area contributed by atoms with Crippen molar-refractivity contribution in [1.29, 1.82) is 0 Å². The second kappa shape index (κ2) is 4.61. The van der Waals surface area contributed by atoms with Crippen LogP contribution in [0.4, 0.5) is 0 Å². The van der Waals surface area contributed by atoms with Gasteiger partial charge in [0, 0.05) is 18.4 Å². The van der Waals surface area contributed by atoms with E-state index in [1.807, 2.05) is 0 Å². The smallest absolute Gasteiger partial charge is 0.550 e. The maximum absolute atomic E-state index is 9.28.